The first-order valence-corrected chi connectivity index (χ1v) is 7.50. The fourth-order valence-electron chi connectivity index (χ4n) is 2.19. The summed E-state index contributed by atoms with van der Waals surface area (Å²) in [5.74, 6) is 0. The predicted molar refractivity (Wildman–Crippen MR) is 76.4 cm³/mol. The molecule has 0 spiro atoms. The van der Waals surface area contributed by atoms with Crippen molar-refractivity contribution >= 4 is 16.5 Å². The van der Waals surface area contributed by atoms with Gasteiger partial charge in [-0.1, -0.05) is 6.92 Å². The van der Waals surface area contributed by atoms with Crippen molar-refractivity contribution in [3.63, 3.8) is 0 Å². The highest BCUT2D eigenvalue weighted by Gasteiger charge is 2.26. The number of rotatable bonds is 4. The predicted octanol–water partition coefficient (Wildman–Crippen LogP) is 2.43. The summed E-state index contributed by atoms with van der Waals surface area (Å²) in [7, 11) is 0. The Morgan fingerprint density at radius 1 is 1.61 bits per heavy atom. The second-order valence-corrected chi connectivity index (χ2v) is 6.01. The molecule has 1 aliphatic heterocycles. The quantitative estimate of drug-likeness (QED) is 0.911. The number of nitrogens with one attached hydrogen (secondary N) is 1. The van der Waals surface area contributed by atoms with E-state index in [1.54, 1.807) is 11.3 Å². The number of morpholine rings is 1. The van der Waals surface area contributed by atoms with Gasteiger partial charge < -0.3 is 15.0 Å². The van der Waals surface area contributed by atoms with Crippen molar-refractivity contribution in [2.75, 3.05) is 24.6 Å². The van der Waals surface area contributed by atoms with Crippen molar-refractivity contribution in [3.8, 4) is 0 Å². The monoisotopic (exact) mass is 269 g/mol. The van der Waals surface area contributed by atoms with Crippen LogP contribution < -0.4 is 10.2 Å². The molecule has 2 rings (SSSR count). The van der Waals surface area contributed by atoms with Gasteiger partial charge in [-0.05, 0) is 27.3 Å². The molecule has 5 heteroatoms. The number of hydrogen-bond acceptors (Lipinski definition) is 5. The molecule has 0 bridgehead atoms. The van der Waals surface area contributed by atoms with E-state index >= 15 is 0 Å². The van der Waals surface area contributed by atoms with Gasteiger partial charge in [-0.15, -0.1) is 11.3 Å². The maximum atomic E-state index is 5.66. The molecule has 0 amide bonds. The summed E-state index contributed by atoms with van der Waals surface area (Å²) < 4.78 is 5.66. The molecule has 0 aromatic carbocycles. The standard InChI is InChI=1S/C13H23N3OS/c1-5-14-11(4)12-6-15-13(18-12)16-7-10(3)17-8-9(16)2/h6,9-11,14H,5,7-8H2,1-4H3. The molecule has 1 fully saturated rings. The third kappa shape index (κ3) is 3.02. The third-order valence-corrected chi connectivity index (χ3v) is 4.52. The fraction of sp³-hybridized carbons (Fsp3) is 0.769. The molecule has 102 valence electrons. The maximum absolute atomic E-state index is 5.66. The summed E-state index contributed by atoms with van der Waals surface area (Å²) in [5, 5.41) is 4.55. The van der Waals surface area contributed by atoms with Gasteiger partial charge in [0, 0.05) is 23.7 Å². The van der Waals surface area contributed by atoms with Gasteiger partial charge in [-0.3, -0.25) is 0 Å². The van der Waals surface area contributed by atoms with Crippen LogP contribution in [0.15, 0.2) is 6.20 Å². The highest BCUT2D eigenvalue weighted by Crippen LogP contribution is 2.29. The molecular formula is C13H23N3OS. The molecule has 18 heavy (non-hydrogen) atoms. The van der Waals surface area contributed by atoms with E-state index in [0.29, 0.717) is 18.2 Å². The van der Waals surface area contributed by atoms with Gasteiger partial charge in [-0.25, -0.2) is 4.98 Å². The van der Waals surface area contributed by atoms with E-state index in [4.69, 9.17) is 4.74 Å². The summed E-state index contributed by atoms with van der Waals surface area (Å²) in [4.78, 5) is 8.24. The molecule has 1 aliphatic rings. The molecule has 2 heterocycles. The minimum atomic E-state index is 0.291. The van der Waals surface area contributed by atoms with E-state index in [1.165, 1.54) is 4.88 Å². The van der Waals surface area contributed by atoms with Gasteiger partial charge in [-0.2, -0.15) is 0 Å². The van der Waals surface area contributed by atoms with Crippen molar-refractivity contribution in [3.05, 3.63) is 11.1 Å². The summed E-state index contributed by atoms with van der Waals surface area (Å²) >= 11 is 1.79. The van der Waals surface area contributed by atoms with Crippen LogP contribution in [0.5, 0.6) is 0 Å². The molecule has 0 aliphatic carbocycles. The zero-order chi connectivity index (χ0) is 13.1. The Morgan fingerprint density at radius 2 is 2.39 bits per heavy atom. The average molecular weight is 269 g/mol. The summed E-state index contributed by atoms with van der Waals surface area (Å²) in [6, 6.07) is 0.796. The SMILES string of the molecule is CCNC(C)c1cnc(N2CC(C)OCC2C)s1. The van der Waals surface area contributed by atoms with Crippen molar-refractivity contribution in [2.45, 2.75) is 45.9 Å². The average Bonchev–Trinajstić information content (AvgIpc) is 2.82. The van der Waals surface area contributed by atoms with Crippen molar-refractivity contribution in [1.29, 1.82) is 0 Å². The van der Waals surface area contributed by atoms with Gasteiger partial charge in [0.25, 0.3) is 0 Å². The number of hydrogen-bond donors (Lipinski definition) is 1. The molecule has 1 aromatic heterocycles. The van der Waals surface area contributed by atoms with E-state index in [2.05, 4.69) is 42.9 Å². The lowest BCUT2D eigenvalue weighted by Crippen LogP contribution is -2.47. The van der Waals surface area contributed by atoms with Crippen LogP contribution in [0.4, 0.5) is 5.13 Å². The van der Waals surface area contributed by atoms with Crippen molar-refractivity contribution in [2.24, 2.45) is 0 Å². The van der Waals surface area contributed by atoms with Gasteiger partial charge in [0.05, 0.1) is 18.8 Å². The maximum Gasteiger partial charge on any atom is 0.185 e. The Kier molecular flexibility index (Phi) is 4.59. The Bertz CT molecular complexity index is 382. The van der Waals surface area contributed by atoms with E-state index in [-0.39, 0.29) is 0 Å². The molecule has 0 radical (unpaired) electrons. The van der Waals surface area contributed by atoms with E-state index in [1.807, 2.05) is 6.20 Å². The second kappa shape index (κ2) is 5.99. The highest BCUT2D eigenvalue weighted by molar-refractivity contribution is 7.15. The smallest absolute Gasteiger partial charge is 0.185 e. The van der Waals surface area contributed by atoms with Crippen LogP contribution >= 0.6 is 11.3 Å². The minimum Gasteiger partial charge on any atom is -0.375 e. The number of nitrogens with zero attached hydrogens (tertiary/aromatic N) is 2. The van der Waals surface area contributed by atoms with Crippen molar-refractivity contribution in [1.82, 2.24) is 10.3 Å². The number of aromatic nitrogens is 1. The van der Waals surface area contributed by atoms with Gasteiger partial charge in [0.15, 0.2) is 5.13 Å². The lowest BCUT2D eigenvalue weighted by molar-refractivity contribution is 0.0343. The summed E-state index contributed by atoms with van der Waals surface area (Å²) in [6.07, 6.45) is 2.29. The molecule has 1 saturated heterocycles. The normalized spacial score (nSPS) is 26.3. The summed E-state index contributed by atoms with van der Waals surface area (Å²) in [5.41, 5.74) is 0. The van der Waals surface area contributed by atoms with Crippen LogP contribution in [0.3, 0.4) is 0 Å². The van der Waals surface area contributed by atoms with E-state index in [9.17, 15) is 0 Å². The van der Waals surface area contributed by atoms with Crippen molar-refractivity contribution < 1.29 is 4.74 Å². The highest BCUT2D eigenvalue weighted by atomic mass is 32.1. The van der Waals surface area contributed by atoms with Gasteiger partial charge in [0.1, 0.15) is 0 Å². The van der Waals surface area contributed by atoms with Crippen LogP contribution in [0.1, 0.15) is 38.6 Å². The second-order valence-electron chi connectivity index (χ2n) is 4.97. The molecule has 1 aromatic rings. The first kappa shape index (κ1) is 13.8. The topological polar surface area (TPSA) is 37.4 Å². The molecule has 0 saturated carbocycles. The van der Waals surface area contributed by atoms with Gasteiger partial charge >= 0.3 is 0 Å². The largest absolute Gasteiger partial charge is 0.375 e. The Hall–Kier alpha value is -0.650. The lowest BCUT2D eigenvalue weighted by atomic mass is 10.2. The molecule has 3 atom stereocenters. The molecule has 4 nitrogen and oxygen atoms in total. The van der Waals surface area contributed by atoms with Crippen LogP contribution in [0.2, 0.25) is 0 Å². The van der Waals surface area contributed by atoms with Crippen LogP contribution in [0.25, 0.3) is 0 Å². The van der Waals surface area contributed by atoms with E-state index in [0.717, 1.165) is 24.8 Å². The Balaban J connectivity index is 2.08. The molecule has 1 N–H and O–H groups in total. The van der Waals surface area contributed by atoms with Crippen LogP contribution in [-0.2, 0) is 4.74 Å². The lowest BCUT2D eigenvalue weighted by Gasteiger charge is -2.36. The van der Waals surface area contributed by atoms with Crippen LogP contribution in [0, 0.1) is 0 Å². The zero-order valence-electron chi connectivity index (χ0n) is 11.6. The van der Waals surface area contributed by atoms with Gasteiger partial charge in [0.2, 0.25) is 0 Å². The molecular weight excluding hydrogens is 246 g/mol. The summed E-state index contributed by atoms with van der Waals surface area (Å²) in [6.45, 7) is 11.3. The minimum absolute atomic E-state index is 0.291. The first-order chi connectivity index (χ1) is 8.61. The fourth-order valence-corrected chi connectivity index (χ4v) is 3.24. The zero-order valence-corrected chi connectivity index (χ0v) is 12.5. The number of thiazole rings is 1. The number of anilines is 1. The number of ether oxygens (including phenoxy) is 1. The molecule has 3 unspecified atom stereocenters. The van der Waals surface area contributed by atoms with Crippen LogP contribution in [-0.4, -0.2) is 36.8 Å². The van der Waals surface area contributed by atoms with E-state index < -0.39 is 0 Å². The first-order valence-electron chi connectivity index (χ1n) is 6.69. The third-order valence-electron chi connectivity index (χ3n) is 3.30. The Morgan fingerprint density at radius 3 is 3.11 bits per heavy atom. The Labute approximate surface area is 113 Å².